The van der Waals surface area contributed by atoms with Crippen LogP contribution in [0.1, 0.15) is 67.7 Å². The van der Waals surface area contributed by atoms with Gasteiger partial charge in [0.1, 0.15) is 11.0 Å². The second-order valence-corrected chi connectivity index (χ2v) is 17.1. The second kappa shape index (κ2) is 16.5. The Kier molecular flexibility index (Phi) is 11.0. The van der Waals surface area contributed by atoms with E-state index in [9.17, 15) is 19.5 Å². The zero-order valence-corrected chi connectivity index (χ0v) is 35.1. The fourth-order valence-corrected chi connectivity index (χ4v) is 9.94. The number of amides is 2. The van der Waals surface area contributed by atoms with Gasteiger partial charge < -0.3 is 25.5 Å². The average molecular weight is 909 g/mol. The molecule has 59 heavy (non-hydrogen) atoms. The molecule has 3 fully saturated rings. The monoisotopic (exact) mass is 908 g/mol. The van der Waals surface area contributed by atoms with Gasteiger partial charge in [-0.05, 0) is 92.1 Å². The number of rotatable bonds is 11. The van der Waals surface area contributed by atoms with E-state index in [4.69, 9.17) is 9.97 Å². The third-order valence-corrected chi connectivity index (χ3v) is 13.7. The molecule has 1 aliphatic carbocycles. The van der Waals surface area contributed by atoms with Crippen molar-refractivity contribution in [1.82, 2.24) is 34.9 Å². The van der Waals surface area contributed by atoms with Gasteiger partial charge >= 0.3 is 0 Å². The SMILES string of the molecule is C=CCn1c(=O)c2cnc(Nc3ccc(N4CCC(NC5CCN(c6ccc(C7CC(=O)NC(=O)C7)cc6)CC5)CC4)cc3)nc2n1-c1ccc2c(n1)[C@@](O)(CI)CC2. The standard InChI is InChI=1S/C44H49IN10O4/c1-2-19-54-42(58)36-26-46-43(51-41(36)55(54)37-12-5-29-13-18-44(59,27-45)40(29)49-37)48-31-6-10-35(11-7-31)53-22-16-33(17-23-53)47-32-14-20-52(21-15-32)34-8-3-28(4-9-34)30-24-38(56)50-39(57)25-30/h2-12,26,30,32-33,47,59H,1,13-25,27H2,(H,46,48,51)(H,50,56,57)/t44-/m0/s1. The molecule has 1 atom stereocenters. The quantitative estimate of drug-likeness (QED) is 0.0595. The van der Waals surface area contributed by atoms with E-state index in [1.807, 2.05) is 24.3 Å². The van der Waals surface area contributed by atoms with Crippen LogP contribution in [0.3, 0.4) is 0 Å². The van der Waals surface area contributed by atoms with Crippen LogP contribution in [0.25, 0.3) is 16.9 Å². The van der Waals surface area contributed by atoms with Gasteiger partial charge in [0.15, 0.2) is 11.5 Å². The predicted octanol–water partition coefficient (Wildman–Crippen LogP) is 5.22. The van der Waals surface area contributed by atoms with Gasteiger partial charge in [0.05, 0.1) is 12.2 Å². The van der Waals surface area contributed by atoms with Crippen molar-refractivity contribution < 1.29 is 14.7 Å². The summed E-state index contributed by atoms with van der Waals surface area (Å²) in [6, 6.07) is 21.6. The van der Waals surface area contributed by atoms with Crippen LogP contribution in [0.15, 0.2) is 84.3 Å². The third-order valence-electron chi connectivity index (χ3n) is 12.5. The van der Waals surface area contributed by atoms with E-state index >= 15 is 0 Å². The fourth-order valence-electron chi connectivity index (χ4n) is 9.20. The molecule has 0 unspecified atom stereocenters. The van der Waals surface area contributed by atoms with E-state index in [2.05, 4.69) is 96.3 Å². The van der Waals surface area contributed by atoms with Crippen LogP contribution in [0, 0.1) is 0 Å². The molecular weight excluding hydrogens is 859 g/mol. The topological polar surface area (TPSA) is 163 Å². The number of hydrogen-bond acceptors (Lipinski definition) is 11. The minimum atomic E-state index is -1.00. The van der Waals surface area contributed by atoms with Crippen molar-refractivity contribution in [3.05, 3.63) is 107 Å². The summed E-state index contributed by atoms with van der Waals surface area (Å²) in [5.41, 5.74) is 5.12. The largest absolute Gasteiger partial charge is 0.383 e. The van der Waals surface area contributed by atoms with Crippen LogP contribution in [-0.4, -0.2) is 83.9 Å². The minimum Gasteiger partial charge on any atom is -0.383 e. The highest BCUT2D eigenvalue weighted by molar-refractivity contribution is 14.1. The normalized spacial score (nSPS) is 20.6. The number of piperidine rings is 3. The number of aryl methyl sites for hydroxylation is 1. The predicted molar refractivity (Wildman–Crippen MR) is 237 cm³/mol. The molecule has 306 valence electrons. The summed E-state index contributed by atoms with van der Waals surface area (Å²) in [6.45, 7) is 8.07. The number of aliphatic hydroxyl groups is 1. The molecule has 4 N–H and O–H groups in total. The summed E-state index contributed by atoms with van der Waals surface area (Å²) in [5, 5.41) is 21.3. The Balaban J connectivity index is 0.793. The number of allylic oxidation sites excluding steroid dienone is 1. The van der Waals surface area contributed by atoms with E-state index in [-0.39, 0.29) is 29.8 Å². The minimum absolute atomic E-state index is 0.0393. The molecule has 14 nitrogen and oxygen atoms in total. The molecule has 4 aliphatic rings. The van der Waals surface area contributed by atoms with Gasteiger partial charge in [-0.2, -0.15) is 4.98 Å². The van der Waals surface area contributed by atoms with E-state index < -0.39 is 5.60 Å². The van der Waals surface area contributed by atoms with Crippen LogP contribution in [0.5, 0.6) is 0 Å². The molecule has 3 aliphatic heterocycles. The first-order valence-electron chi connectivity index (χ1n) is 20.6. The number of hydrogen-bond donors (Lipinski definition) is 4. The Bertz CT molecular complexity index is 2420. The Morgan fingerprint density at radius 2 is 1.49 bits per heavy atom. The van der Waals surface area contributed by atoms with Crippen LogP contribution < -0.4 is 31.3 Å². The zero-order chi connectivity index (χ0) is 40.7. The number of nitrogens with zero attached hydrogens (tertiary/aromatic N) is 7. The Morgan fingerprint density at radius 1 is 0.864 bits per heavy atom. The molecule has 5 aromatic rings. The number of aromatic nitrogens is 5. The molecular formula is C44H49IN10O4. The maximum atomic E-state index is 13.5. The van der Waals surface area contributed by atoms with E-state index in [0.29, 0.717) is 64.3 Å². The summed E-state index contributed by atoms with van der Waals surface area (Å²) < 4.78 is 3.79. The number of carbonyl (C=O) groups excluding carboxylic acids is 2. The molecule has 0 radical (unpaired) electrons. The summed E-state index contributed by atoms with van der Waals surface area (Å²) >= 11 is 2.20. The summed E-state index contributed by atoms with van der Waals surface area (Å²) in [6.07, 6.45) is 9.68. The van der Waals surface area contributed by atoms with Crippen molar-refractivity contribution in [3.63, 3.8) is 0 Å². The zero-order valence-electron chi connectivity index (χ0n) is 32.9. The van der Waals surface area contributed by atoms with Crippen molar-refractivity contribution >= 4 is 68.4 Å². The Morgan fingerprint density at radius 3 is 2.10 bits per heavy atom. The molecule has 0 bridgehead atoms. The van der Waals surface area contributed by atoms with Crippen molar-refractivity contribution in [3.8, 4) is 5.82 Å². The van der Waals surface area contributed by atoms with Crippen LogP contribution in [0.4, 0.5) is 23.0 Å². The van der Waals surface area contributed by atoms with Crippen molar-refractivity contribution in [1.29, 1.82) is 0 Å². The summed E-state index contributed by atoms with van der Waals surface area (Å²) in [4.78, 5) is 56.3. The van der Waals surface area contributed by atoms with Crippen LogP contribution >= 0.6 is 22.6 Å². The molecule has 2 aromatic carbocycles. The summed E-state index contributed by atoms with van der Waals surface area (Å²) in [5.74, 6) is 0.451. The molecule has 0 spiro atoms. The lowest BCUT2D eigenvalue weighted by Gasteiger charge is -2.39. The third kappa shape index (κ3) is 7.99. The first-order chi connectivity index (χ1) is 28.7. The highest BCUT2D eigenvalue weighted by Gasteiger charge is 2.38. The van der Waals surface area contributed by atoms with Gasteiger partial charge in [-0.1, -0.05) is 46.9 Å². The lowest BCUT2D eigenvalue weighted by atomic mass is 9.89. The highest BCUT2D eigenvalue weighted by Crippen LogP contribution is 2.38. The number of carbonyl (C=O) groups is 2. The van der Waals surface area contributed by atoms with Crippen molar-refractivity contribution in [2.24, 2.45) is 0 Å². The lowest BCUT2D eigenvalue weighted by molar-refractivity contribution is -0.133. The first-order valence-corrected chi connectivity index (χ1v) is 22.1. The Labute approximate surface area is 356 Å². The molecule has 15 heteroatoms. The number of halogens is 1. The van der Waals surface area contributed by atoms with Gasteiger partial charge in [-0.3, -0.25) is 19.7 Å². The fraction of sp³-hybridized carbons (Fsp3) is 0.409. The van der Waals surface area contributed by atoms with E-state index in [1.54, 1.807) is 21.6 Å². The van der Waals surface area contributed by atoms with Crippen molar-refractivity contribution in [2.75, 3.05) is 45.7 Å². The molecule has 2 amide bonds. The number of benzene rings is 2. The number of alkyl halides is 1. The number of fused-ring (bicyclic) bond motifs is 2. The van der Waals surface area contributed by atoms with Crippen molar-refractivity contribution in [2.45, 2.75) is 81.5 Å². The smallest absolute Gasteiger partial charge is 0.278 e. The maximum Gasteiger partial charge on any atom is 0.278 e. The first kappa shape index (κ1) is 39.3. The number of imide groups is 1. The number of nitrogens with one attached hydrogen (secondary N) is 3. The van der Waals surface area contributed by atoms with E-state index in [0.717, 1.165) is 75.1 Å². The Hall–Kier alpha value is -5.13. The second-order valence-electron chi connectivity index (χ2n) is 16.3. The van der Waals surface area contributed by atoms with E-state index in [1.165, 1.54) is 11.4 Å². The summed E-state index contributed by atoms with van der Waals surface area (Å²) in [7, 11) is 0. The van der Waals surface area contributed by atoms with Crippen LogP contribution in [0.2, 0.25) is 0 Å². The van der Waals surface area contributed by atoms with Gasteiger partial charge in [-0.15, -0.1) is 6.58 Å². The molecule has 6 heterocycles. The number of anilines is 4. The number of pyridine rings is 1. The highest BCUT2D eigenvalue weighted by atomic mass is 127. The van der Waals surface area contributed by atoms with Gasteiger partial charge in [0, 0.05) is 84.7 Å². The molecule has 3 aromatic heterocycles. The molecule has 0 saturated carbocycles. The lowest BCUT2D eigenvalue weighted by Crippen LogP contribution is -2.50. The van der Waals surface area contributed by atoms with Gasteiger partial charge in [-0.25, -0.2) is 19.3 Å². The van der Waals surface area contributed by atoms with Crippen LogP contribution in [-0.2, 0) is 28.2 Å². The van der Waals surface area contributed by atoms with Gasteiger partial charge in [0.25, 0.3) is 5.56 Å². The molecule has 9 rings (SSSR count). The average Bonchev–Trinajstić information content (AvgIpc) is 3.73. The molecule has 3 saturated heterocycles. The maximum absolute atomic E-state index is 13.5. The van der Waals surface area contributed by atoms with Gasteiger partial charge in [0.2, 0.25) is 17.8 Å².